The van der Waals surface area contributed by atoms with Gasteiger partial charge in [0.2, 0.25) is 0 Å². The SMILES string of the molecule is Cc1ccc(C(=O)c2ccccc2N)c2ccccc12. The van der Waals surface area contributed by atoms with E-state index in [1.807, 2.05) is 55.5 Å². The molecule has 3 aromatic rings. The molecule has 0 fully saturated rings. The lowest BCUT2D eigenvalue weighted by atomic mass is 9.94. The molecule has 0 radical (unpaired) electrons. The molecule has 0 amide bonds. The van der Waals surface area contributed by atoms with Gasteiger partial charge in [0.05, 0.1) is 0 Å². The number of benzene rings is 3. The van der Waals surface area contributed by atoms with Crippen molar-refractivity contribution in [2.45, 2.75) is 6.92 Å². The molecule has 0 saturated heterocycles. The second-order valence-electron chi connectivity index (χ2n) is 4.89. The first-order valence-corrected chi connectivity index (χ1v) is 6.56. The van der Waals surface area contributed by atoms with E-state index in [-0.39, 0.29) is 5.78 Å². The fourth-order valence-electron chi connectivity index (χ4n) is 2.50. The molecule has 2 nitrogen and oxygen atoms in total. The van der Waals surface area contributed by atoms with E-state index < -0.39 is 0 Å². The molecular weight excluding hydrogens is 246 g/mol. The van der Waals surface area contributed by atoms with Gasteiger partial charge in [0.1, 0.15) is 0 Å². The van der Waals surface area contributed by atoms with Gasteiger partial charge in [0.15, 0.2) is 5.78 Å². The number of carbonyl (C=O) groups excluding carboxylic acids is 1. The van der Waals surface area contributed by atoms with Crippen LogP contribution >= 0.6 is 0 Å². The zero-order valence-electron chi connectivity index (χ0n) is 11.3. The lowest BCUT2D eigenvalue weighted by Gasteiger charge is -2.09. The van der Waals surface area contributed by atoms with Gasteiger partial charge in [-0.25, -0.2) is 0 Å². The molecule has 2 N–H and O–H groups in total. The van der Waals surface area contributed by atoms with Crippen LogP contribution in [0.15, 0.2) is 60.7 Å². The maximum atomic E-state index is 12.7. The molecule has 98 valence electrons. The van der Waals surface area contributed by atoms with Crippen molar-refractivity contribution in [2.24, 2.45) is 0 Å². The summed E-state index contributed by atoms with van der Waals surface area (Å²) >= 11 is 0. The molecule has 0 unspecified atom stereocenters. The zero-order chi connectivity index (χ0) is 14.1. The van der Waals surface area contributed by atoms with Crippen LogP contribution in [0.25, 0.3) is 10.8 Å². The third-order valence-electron chi connectivity index (χ3n) is 3.59. The Kier molecular flexibility index (Phi) is 2.99. The molecule has 3 rings (SSSR count). The highest BCUT2D eigenvalue weighted by Crippen LogP contribution is 2.25. The van der Waals surface area contributed by atoms with Crippen LogP contribution in [0.4, 0.5) is 5.69 Å². The lowest BCUT2D eigenvalue weighted by Crippen LogP contribution is -2.06. The average Bonchev–Trinajstić information content (AvgIpc) is 2.48. The average molecular weight is 261 g/mol. The molecule has 0 aromatic heterocycles. The Bertz CT molecular complexity index is 805. The van der Waals surface area contributed by atoms with Crippen molar-refractivity contribution in [1.29, 1.82) is 0 Å². The first-order chi connectivity index (χ1) is 9.68. The van der Waals surface area contributed by atoms with Gasteiger partial charge in [0.25, 0.3) is 0 Å². The highest BCUT2D eigenvalue weighted by atomic mass is 16.1. The Labute approximate surface area is 117 Å². The van der Waals surface area contributed by atoms with Crippen LogP contribution in [0.5, 0.6) is 0 Å². The van der Waals surface area contributed by atoms with Gasteiger partial charge in [-0.2, -0.15) is 0 Å². The van der Waals surface area contributed by atoms with E-state index in [1.165, 1.54) is 0 Å². The third kappa shape index (κ3) is 1.95. The first-order valence-electron chi connectivity index (χ1n) is 6.56. The number of anilines is 1. The number of hydrogen-bond donors (Lipinski definition) is 1. The first kappa shape index (κ1) is 12.4. The van der Waals surface area contributed by atoms with Crippen molar-refractivity contribution in [2.75, 3.05) is 5.73 Å². The largest absolute Gasteiger partial charge is 0.398 e. The molecule has 2 heteroatoms. The maximum absolute atomic E-state index is 12.7. The van der Waals surface area contributed by atoms with Crippen molar-refractivity contribution in [1.82, 2.24) is 0 Å². The van der Waals surface area contributed by atoms with Crippen LogP contribution in [-0.4, -0.2) is 5.78 Å². The van der Waals surface area contributed by atoms with E-state index in [0.717, 1.165) is 16.3 Å². The maximum Gasteiger partial charge on any atom is 0.195 e. The standard InChI is InChI=1S/C18H15NO/c1-12-10-11-15(14-7-3-2-6-13(12)14)18(20)16-8-4-5-9-17(16)19/h2-11H,19H2,1H3. The molecule has 0 bridgehead atoms. The molecule has 0 aliphatic rings. The van der Waals surface area contributed by atoms with Crippen LogP contribution in [0.1, 0.15) is 21.5 Å². The second-order valence-corrected chi connectivity index (χ2v) is 4.89. The van der Waals surface area contributed by atoms with Gasteiger partial charge in [-0.05, 0) is 35.4 Å². The van der Waals surface area contributed by atoms with E-state index in [0.29, 0.717) is 16.8 Å². The van der Waals surface area contributed by atoms with E-state index in [9.17, 15) is 4.79 Å². The van der Waals surface area contributed by atoms with Gasteiger partial charge in [-0.1, -0.05) is 48.5 Å². The number of nitrogens with two attached hydrogens (primary N) is 1. The summed E-state index contributed by atoms with van der Waals surface area (Å²) in [7, 11) is 0. The van der Waals surface area contributed by atoms with E-state index in [1.54, 1.807) is 12.1 Å². The van der Waals surface area contributed by atoms with Gasteiger partial charge < -0.3 is 5.73 Å². The number of fused-ring (bicyclic) bond motifs is 1. The second kappa shape index (κ2) is 4.82. The van der Waals surface area contributed by atoms with Gasteiger partial charge in [0, 0.05) is 16.8 Å². The van der Waals surface area contributed by atoms with Gasteiger partial charge in [-0.3, -0.25) is 4.79 Å². The Hall–Kier alpha value is -2.61. The van der Waals surface area contributed by atoms with Crippen LogP contribution < -0.4 is 5.73 Å². The smallest absolute Gasteiger partial charge is 0.195 e. The van der Waals surface area contributed by atoms with E-state index in [2.05, 4.69) is 0 Å². The molecule has 0 aliphatic heterocycles. The normalized spacial score (nSPS) is 10.7. The van der Waals surface area contributed by atoms with Crippen molar-refractivity contribution in [3.8, 4) is 0 Å². The molecule has 0 atom stereocenters. The minimum absolute atomic E-state index is 0.0284. The molecular formula is C18H15NO. The number of carbonyl (C=O) groups is 1. The Morgan fingerprint density at radius 3 is 2.20 bits per heavy atom. The number of ketones is 1. The minimum Gasteiger partial charge on any atom is -0.398 e. The summed E-state index contributed by atoms with van der Waals surface area (Å²) in [6.07, 6.45) is 0. The topological polar surface area (TPSA) is 43.1 Å². The molecule has 0 spiro atoms. The highest BCUT2D eigenvalue weighted by molar-refractivity contribution is 6.18. The van der Waals surface area contributed by atoms with Crippen LogP contribution in [-0.2, 0) is 0 Å². The molecule has 0 heterocycles. The van der Waals surface area contributed by atoms with Crippen LogP contribution in [0.3, 0.4) is 0 Å². The summed E-state index contributed by atoms with van der Waals surface area (Å²) in [5.74, 6) is -0.0284. The summed E-state index contributed by atoms with van der Waals surface area (Å²) in [6.45, 7) is 2.05. The van der Waals surface area contributed by atoms with Crippen molar-refractivity contribution in [3.63, 3.8) is 0 Å². The number of rotatable bonds is 2. The predicted octanol–water partition coefficient (Wildman–Crippen LogP) is 3.96. The Balaban J connectivity index is 2.23. The molecule has 0 aliphatic carbocycles. The van der Waals surface area contributed by atoms with Gasteiger partial charge >= 0.3 is 0 Å². The fraction of sp³-hybridized carbons (Fsp3) is 0.0556. The molecule has 20 heavy (non-hydrogen) atoms. The van der Waals surface area contributed by atoms with Crippen molar-refractivity contribution in [3.05, 3.63) is 77.4 Å². The quantitative estimate of drug-likeness (QED) is 0.560. The Morgan fingerprint density at radius 1 is 0.800 bits per heavy atom. The minimum atomic E-state index is -0.0284. The number of nitrogen functional groups attached to an aromatic ring is 1. The summed E-state index contributed by atoms with van der Waals surface area (Å²) < 4.78 is 0. The number of aryl methyl sites for hydroxylation is 1. The summed E-state index contributed by atoms with van der Waals surface area (Å²) in [5.41, 5.74) is 8.85. The van der Waals surface area contributed by atoms with Crippen LogP contribution in [0, 0.1) is 6.92 Å². The number of hydrogen-bond acceptors (Lipinski definition) is 2. The van der Waals surface area contributed by atoms with Crippen molar-refractivity contribution >= 4 is 22.2 Å². The zero-order valence-corrected chi connectivity index (χ0v) is 11.3. The van der Waals surface area contributed by atoms with Crippen molar-refractivity contribution < 1.29 is 4.79 Å². The monoisotopic (exact) mass is 261 g/mol. The fourth-order valence-corrected chi connectivity index (χ4v) is 2.50. The highest BCUT2D eigenvalue weighted by Gasteiger charge is 2.15. The van der Waals surface area contributed by atoms with E-state index in [4.69, 9.17) is 5.73 Å². The van der Waals surface area contributed by atoms with Crippen LogP contribution in [0.2, 0.25) is 0 Å². The summed E-state index contributed by atoms with van der Waals surface area (Å²) in [5, 5.41) is 2.08. The number of para-hydroxylation sites is 1. The molecule has 0 saturated carbocycles. The predicted molar refractivity (Wildman–Crippen MR) is 83.0 cm³/mol. The summed E-state index contributed by atoms with van der Waals surface area (Å²) in [6, 6.07) is 19.0. The Morgan fingerprint density at radius 2 is 1.45 bits per heavy atom. The van der Waals surface area contributed by atoms with Gasteiger partial charge in [-0.15, -0.1) is 0 Å². The lowest BCUT2D eigenvalue weighted by molar-refractivity contribution is 0.104. The third-order valence-corrected chi connectivity index (χ3v) is 3.59. The summed E-state index contributed by atoms with van der Waals surface area (Å²) in [4.78, 5) is 12.7. The molecule has 3 aromatic carbocycles. The van der Waals surface area contributed by atoms with E-state index >= 15 is 0 Å².